The van der Waals surface area contributed by atoms with Gasteiger partial charge in [0.25, 0.3) is 0 Å². The van der Waals surface area contributed by atoms with Crippen molar-refractivity contribution in [3.05, 3.63) is 139 Å². The van der Waals surface area contributed by atoms with Gasteiger partial charge in [0, 0.05) is 46.9 Å². The van der Waals surface area contributed by atoms with Gasteiger partial charge in [-0.2, -0.15) is 0 Å². The minimum absolute atomic E-state index is 0.976. The van der Waals surface area contributed by atoms with Gasteiger partial charge < -0.3 is 0 Å². The molecule has 3 aromatic heterocycles. The van der Waals surface area contributed by atoms with Gasteiger partial charge in [-0.15, -0.1) is 0 Å². The summed E-state index contributed by atoms with van der Waals surface area (Å²) in [6.07, 6.45) is 7.69. The lowest BCUT2D eigenvalue weighted by Gasteiger charge is -2.16. The molecule has 0 spiro atoms. The van der Waals surface area contributed by atoms with Crippen molar-refractivity contribution in [2.45, 2.75) is 13.8 Å². The van der Waals surface area contributed by atoms with Crippen LogP contribution < -0.4 is 0 Å². The topological polar surface area (TPSA) is 38.7 Å². The third kappa shape index (κ3) is 4.22. The van der Waals surface area contributed by atoms with Crippen LogP contribution in [0.15, 0.2) is 128 Å². The summed E-state index contributed by atoms with van der Waals surface area (Å²) >= 11 is 0. The van der Waals surface area contributed by atoms with Crippen LogP contribution in [0.3, 0.4) is 0 Å². The summed E-state index contributed by atoms with van der Waals surface area (Å²) < 4.78 is 0. The Morgan fingerprint density at radius 3 is 2.17 bits per heavy atom. The number of aromatic nitrogens is 3. The lowest BCUT2D eigenvalue weighted by molar-refractivity contribution is 1.28. The van der Waals surface area contributed by atoms with E-state index in [0.29, 0.717) is 0 Å². The normalized spacial score (nSPS) is 11.2. The number of nitrogens with zero attached hydrogens (tertiary/aromatic N) is 3. The van der Waals surface area contributed by atoms with E-state index in [1.165, 1.54) is 33.0 Å². The van der Waals surface area contributed by atoms with E-state index in [4.69, 9.17) is 9.97 Å². The lowest BCUT2D eigenvalue weighted by atomic mass is 9.89. The lowest BCUT2D eigenvalue weighted by Crippen LogP contribution is -1.94. The Hall–Kier alpha value is -5.15. The van der Waals surface area contributed by atoms with Gasteiger partial charge in [-0.05, 0) is 94.4 Å². The van der Waals surface area contributed by atoms with E-state index < -0.39 is 0 Å². The highest BCUT2D eigenvalue weighted by molar-refractivity contribution is 6.14. The zero-order chi connectivity index (χ0) is 27.1. The van der Waals surface area contributed by atoms with Crippen LogP contribution in [0.4, 0.5) is 0 Å². The molecule has 3 nitrogen and oxygen atoms in total. The van der Waals surface area contributed by atoms with Gasteiger partial charge in [-0.3, -0.25) is 15.0 Å². The van der Waals surface area contributed by atoms with Crippen molar-refractivity contribution >= 4 is 21.7 Å². The van der Waals surface area contributed by atoms with E-state index in [1.54, 1.807) is 0 Å². The molecule has 0 aliphatic heterocycles. The van der Waals surface area contributed by atoms with Crippen molar-refractivity contribution in [2.24, 2.45) is 0 Å². The molecule has 7 aromatic rings. The van der Waals surface area contributed by atoms with E-state index >= 15 is 0 Å². The van der Waals surface area contributed by atoms with E-state index in [-0.39, 0.29) is 0 Å². The molecule has 3 heterocycles. The fourth-order valence-electron chi connectivity index (χ4n) is 5.64. The molecule has 0 radical (unpaired) electrons. The maximum absolute atomic E-state index is 4.75. The predicted octanol–water partition coefficient (Wildman–Crippen LogP) is 9.46. The average Bonchev–Trinajstić information content (AvgIpc) is 3.01. The van der Waals surface area contributed by atoms with Gasteiger partial charge in [0.15, 0.2) is 0 Å². The molecule has 0 aliphatic rings. The smallest absolute Gasteiger partial charge is 0.0714 e. The Kier molecular flexibility index (Phi) is 5.90. The monoisotopic (exact) mass is 513 g/mol. The number of hydrogen-bond donors (Lipinski definition) is 0. The summed E-state index contributed by atoms with van der Waals surface area (Å²) in [5, 5.41) is 3.54. The fourth-order valence-corrected chi connectivity index (χ4v) is 5.64. The Morgan fingerprint density at radius 1 is 0.475 bits per heavy atom. The maximum atomic E-state index is 4.75. The molecule has 0 atom stereocenters. The molecule has 3 heteroatoms. The molecule has 0 fully saturated rings. The SMILES string of the molecule is Cc1ccnc(-c2cccc(-c3cncc(-c4cc5ncccc5c5ccc(-c6ccccc6)cc45)c3C)c2)c1. The van der Waals surface area contributed by atoms with Crippen LogP contribution in [0.5, 0.6) is 0 Å². The first-order valence-electron chi connectivity index (χ1n) is 13.5. The first-order valence-corrected chi connectivity index (χ1v) is 13.5. The molecule has 0 amide bonds. The highest BCUT2D eigenvalue weighted by Gasteiger charge is 2.15. The Labute approximate surface area is 233 Å². The summed E-state index contributed by atoms with van der Waals surface area (Å²) in [5.74, 6) is 0. The van der Waals surface area contributed by atoms with Crippen LogP contribution in [-0.4, -0.2) is 15.0 Å². The van der Waals surface area contributed by atoms with Gasteiger partial charge in [-0.25, -0.2) is 0 Å². The van der Waals surface area contributed by atoms with Crippen LogP contribution in [0, 0.1) is 13.8 Å². The molecule has 7 rings (SSSR count). The zero-order valence-electron chi connectivity index (χ0n) is 22.5. The molecule has 0 unspecified atom stereocenters. The van der Waals surface area contributed by atoms with Gasteiger partial charge >= 0.3 is 0 Å². The van der Waals surface area contributed by atoms with Gasteiger partial charge in [0.2, 0.25) is 0 Å². The van der Waals surface area contributed by atoms with Crippen molar-refractivity contribution in [3.63, 3.8) is 0 Å². The van der Waals surface area contributed by atoms with E-state index in [9.17, 15) is 0 Å². The van der Waals surface area contributed by atoms with Crippen molar-refractivity contribution in [1.82, 2.24) is 15.0 Å². The minimum Gasteiger partial charge on any atom is -0.263 e. The number of pyridine rings is 3. The zero-order valence-corrected chi connectivity index (χ0v) is 22.5. The molecule has 0 bridgehead atoms. The summed E-state index contributed by atoms with van der Waals surface area (Å²) in [6, 6.07) is 36.4. The summed E-state index contributed by atoms with van der Waals surface area (Å²) in [4.78, 5) is 14.1. The van der Waals surface area contributed by atoms with Crippen LogP contribution in [-0.2, 0) is 0 Å². The summed E-state index contributed by atoms with van der Waals surface area (Å²) in [7, 11) is 0. The fraction of sp³-hybridized carbons (Fsp3) is 0.0541. The Balaban J connectivity index is 1.44. The summed E-state index contributed by atoms with van der Waals surface area (Å²) in [6.45, 7) is 4.29. The number of benzene rings is 4. The van der Waals surface area contributed by atoms with Crippen LogP contribution in [0.2, 0.25) is 0 Å². The largest absolute Gasteiger partial charge is 0.263 e. The molecule has 0 saturated heterocycles. The van der Waals surface area contributed by atoms with E-state index in [0.717, 1.165) is 44.4 Å². The standard InChI is InChI=1S/C37H27N3/c1-24-15-17-40-36(18-24)29-11-6-10-28(19-29)34-22-38-23-35(25(34)2)33-21-37-31(12-7-16-39-37)30-14-13-27(20-32(30)33)26-8-4-3-5-9-26/h3-23H,1-2H3. The van der Waals surface area contributed by atoms with Gasteiger partial charge in [0.05, 0.1) is 11.2 Å². The minimum atomic E-state index is 0.976. The number of rotatable bonds is 4. The van der Waals surface area contributed by atoms with Crippen LogP contribution in [0.25, 0.3) is 66.3 Å². The number of fused-ring (bicyclic) bond motifs is 3. The van der Waals surface area contributed by atoms with Crippen molar-refractivity contribution < 1.29 is 0 Å². The molecule has 0 N–H and O–H groups in total. The molecular formula is C37H27N3. The second kappa shape index (κ2) is 9.87. The van der Waals surface area contributed by atoms with Crippen LogP contribution in [0.1, 0.15) is 11.1 Å². The third-order valence-corrected chi connectivity index (χ3v) is 7.72. The van der Waals surface area contributed by atoms with E-state index in [2.05, 4.69) is 110 Å². The molecule has 4 aromatic carbocycles. The predicted molar refractivity (Wildman–Crippen MR) is 166 cm³/mol. The molecule has 40 heavy (non-hydrogen) atoms. The second-order valence-electron chi connectivity index (χ2n) is 10.3. The Bertz CT molecular complexity index is 2030. The molecule has 0 saturated carbocycles. The summed E-state index contributed by atoms with van der Waals surface area (Å²) in [5.41, 5.74) is 12.3. The first kappa shape index (κ1) is 23.9. The number of aryl methyl sites for hydroxylation is 1. The number of hydrogen-bond acceptors (Lipinski definition) is 3. The van der Waals surface area contributed by atoms with Gasteiger partial charge in [-0.1, -0.05) is 66.7 Å². The molecule has 0 aliphatic carbocycles. The van der Waals surface area contributed by atoms with Crippen molar-refractivity contribution in [3.8, 4) is 44.6 Å². The quantitative estimate of drug-likeness (QED) is 0.220. The van der Waals surface area contributed by atoms with Crippen molar-refractivity contribution in [2.75, 3.05) is 0 Å². The van der Waals surface area contributed by atoms with Gasteiger partial charge in [0.1, 0.15) is 0 Å². The maximum Gasteiger partial charge on any atom is 0.0714 e. The second-order valence-corrected chi connectivity index (χ2v) is 10.3. The van der Waals surface area contributed by atoms with Crippen LogP contribution >= 0.6 is 0 Å². The highest BCUT2D eigenvalue weighted by Crippen LogP contribution is 2.40. The Morgan fingerprint density at radius 2 is 1.30 bits per heavy atom. The molecular weight excluding hydrogens is 486 g/mol. The average molecular weight is 514 g/mol. The molecule has 190 valence electrons. The third-order valence-electron chi connectivity index (χ3n) is 7.72. The van der Waals surface area contributed by atoms with E-state index in [1.807, 2.05) is 36.9 Å². The highest BCUT2D eigenvalue weighted by atomic mass is 14.7. The van der Waals surface area contributed by atoms with Crippen molar-refractivity contribution in [1.29, 1.82) is 0 Å². The first-order chi connectivity index (χ1) is 19.7.